The third-order valence-electron chi connectivity index (χ3n) is 3.42. The standard InChI is InChI=1S/C11H19N3O3/c15-7-2-1-6-14-9(16)11(13-10(14)17)4-3-5-12-8-11/h12,15H,1-8H2,(H,13,17). The molecule has 2 aliphatic rings. The van der Waals surface area contributed by atoms with Crippen LogP contribution in [0.3, 0.4) is 0 Å². The van der Waals surface area contributed by atoms with Crippen molar-refractivity contribution < 1.29 is 14.7 Å². The first kappa shape index (κ1) is 12.3. The number of piperidine rings is 1. The number of aliphatic hydroxyl groups is 1. The van der Waals surface area contributed by atoms with Gasteiger partial charge in [-0.25, -0.2) is 4.79 Å². The summed E-state index contributed by atoms with van der Waals surface area (Å²) in [6, 6.07) is -0.295. The van der Waals surface area contributed by atoms with Gasteiger partial charge in [0.1, 0.15) is 5.54 Å². The molecule has 3 N–H and O–H groups in total. The number of urea groups is 1. The number of carbonyl (C=O) groups excluding carboxylic acids is 2. The van der Waals surface area contributed by atoms with E-state index in [2.05, 4.69) is 10.6 Å². The summed E-state index contributed by atoms with van der Waals surface area (Å²) in [6.45, 7) is 1.91. The Morgan fingerprint density at radius 3 is 2.82 bits per heavy atom. The van der Waals surface area contributed by atoms with Crippen LogP contribution in [0.1, 0.15) is 25.7 Å². The topological polar surface area (TPSA) is 81.7 Å². The van der Waals surface area contributed by atoms with E-state index < -0.39 is 5.54 Å². The van der Waals surface area contributed by atoms with Crippen molar-refractivity contribution in [3.63, 3.8) is 0 Å². The maximum atomic E-state index is 12.2. The van der Waals surface area contributed by atoms with Crippen LogP contribution in [0.2, 0.25) is 0 Å². The highest BCUT2D eigenvalue weighted by Crippen LogP contribution is 2.25. The van der Waals surface area contributed by atoms with E-state index in [0.717, 1.165) is 13.0 Å². The molecule has 0 aliphatic carbocycles. The van der Waals surface area contributed by atoms with E-state index in [1.54, 1.807) is 0 Å². The number of unbranched alkanes of at least 4 members (excludes halogenated alkanes) is 1. The lowest BCUT2D eigenvalue weighted by Gasteiger charge is -2.31. The average molecular weight is 241 g/mol. The van der Waals surface area contributed by atoms with Gasteiger partial charge in [0.25, 0.3) is 5.91 Å². The Balaban J connectivity index is 2.00. The number of hydrogen-bond acceptors (Lipinski definition) is 4. The normalized spacial score (nSPS) is 28.9. The summed E-state index contributed by atoms with van der Waals surface area (Å²) >= 11 is 0. The van der Waals surface area contributed by atoms with Crippen molar-refractivity contribution in [3.05, 3.63) is 0 Å². The molecule has 1 unspecified atom stereocenters. The molecule has 1 atom stereocenters. The third-order valence-corrected chi connectivity index (χ3v) is 3.42. The molecule has 2 saturated heterocycles. The largest absolute Gasteiger partial charge is 0.396 e. The third kappa shape index (κ3) is 2.28. The molecule has 17 heavy (non-hydrogen) atoms. The fraction of sp³-hybridized carbons (Fsp3) is 0.818. The number of nitrogens with zero attached hydrogens (tertiary/aromatic N) is 1. The Bertz CT molecular complexity index is 313. The summed E-state index contributed by atoms with van der Waals surface area (Å²) in [5, 5.41) is 14.7. The molecule has 0 saturated carbocycles. The minimum atomic E-state index is -0.714. The van der Waals surface area contributed by atoms with Crippen LogP contribution in [0.5, 0.6) is 0 Å². The second-order valence-electron chi connectivity index (χ2n) is 4.68. The Morgan fingerprint density at radius 2 is 2.18 bits per heavy atom. The Hall–Kier alpha value is -1.14. The van der Waals surface area contributed by atoms with E-state index >= 15 is 0 Å². The van der Waals surface area contributed by atoms with Crippen LogP contribution in [0.25, 0.3) is 0 Å². The van der Waals surface area contributed by atoms with Gasteiger partial charge in [-0.15, -0.1) is 0 Å². The van der Waals surface area contributed by atoms with Crippen molar-refractivity contribution in [1.29, 1.82) is 0 Å². The SMILES string of the molecule is O=C1NC2(CCCNC2)C(=O)N1CCCCO. The van der Waals surface area contributed by atoms with Gasteiger partial charge in [-0.05, 0) is 32.2 Å². The Morgan fingerprint density at radius 1 is 1.35 bits per heavy atom. The first-order valence-electron chi connectivity index (χ1n) is 6.15. The second-order valence-corrected chi connectivity index (χ2v) is 4.68. The highest BCUT2D eigenvalue weighted by molar-refractivity contribution is 6.07. The van der Waals surface area contributed by atoms with Gasteiger partial charge in [0.2, 0.25) is 0 Å². The molecule has 0 bridgehead atoms. The fourth-order valence-corrected chi connectivity index (χ4v) is 2.46. The van der Waals surface area contributed by atoms with Gasteiger partial charge in [-0.2, -0.15) is 0 Å². The number of imide groups is 1. The predicted octanol–water partition coefficient (Wildman–Crippen LogP) is -0.567. The summed E-state index contributed by atoms with van der Waals surface area (Å²) in [7, 11) is 0. The second kappa shape index (κ2) is 5.01. The Labute approximate surface area is 100 Å². The zero-order chi connectivity index (χ0) is 12.3. The maximum absolute atomic E-state index is 12.2. The van der Waals surface area contributed by atoms with Gasteiger partial charge < -0.3 is 15.7 Å². The summed E-state index contributed by atoms with van der Waals surface area (Å²) in [5.41, 5.74) is -0.714. The van der Waals surface area contributed by atoms with Crippen molar-refractivity contribution in [3.8, 4) is 0 Å². The van der Waals surface area contributed by atoms with Crippen LogP contribution in [0.15, 0.2) is 0 Å². The van der Waals surface area contributed by atoms with Crippen LogP contribution >= 0.6 is 0 Å². The zero-order valence-corrected chi connectivity index (χ0v) is 9.87. The van der Waals surface area contributed by atoms with Gasteiger partial charge >= 0.3 is 6.03 Å². The fourth-order valence-electron chi connectivity index (χ4n) is 2.46. The van der Waals surface area contributed by atoms with Gasteiger partial charge in [0, 0.05) is 19.7 Å². The van der Waals surface area contributed by atoms with Gasteiger partial charge in [0.15, 0.2) is 0 Å². The highest BCUT2D eigenvalue weighted by Gasteiger charge is 2.51. The maximum Gasteiger partial charge on any atom is 0.325 e. The van der Waals surface area contributed by atoms with Crippen LogP contribution in [0, 0.1) is 0 Å². The van der Waals surface area contributed by atoms with Crippen LogP contribution in [-0.4, -0.2) is 53.7 Å². The summed E-state index contributed by atoms with van der Waals surface area (Å²) < 4.78 is 0. The van der Waals surface area contributed by atoms with Crippen LogP contribution in [-0.2, 0) is 4.79 Å². The van der Waals surface area contributed by atoms with E-state index in [9.17, 15) is 9.59 Å². The van der Waals surface area contributed by atoms with Crippen molar-refractivity contribution >= 4 is 11.9 Å². The lowest BCUT2D eigenvalue weighted by Crippen LogP contribution is -2.57. The van der Waals surface area contributed by atoms with E-state index in [0.29, 0.717) is 32.4 Å². The van der Waals surface area contributed by atoms with Crippen molar-refractivity contribution in [2.45, 2.75) is 31.2 Å². The summed E-state index contributed by atoms with van der Waals surface area (Å²) in [6.07, 6.45) is 2.87. The minimum Gasteiger partial charge on any atom is -0.396 e. The summed E-state index contributed by atoms with van der Waals surface area (Å²) in [5.74, 6) is -0.118. The highest BCUT2D eigenvalue weighted by atomic mass is 16.3. The van der Waals surface area contributed by atoms with Crippen molar-refractivity contribution in [2.75, 3.05) is 26.2 Å². The molecule has 96 valence electrons. The van der Waals surface area contributed by atoms with E-state index in [-0.39, 0.29) is 18.5 Å². The van der Waals surface area contributed by atoms with Gasteiger partial charge in [-0.3, -0.25) is 9.69 Å². The number of amides is 3. The molecule has 1 spiro atoms. The Kier molecular flexibility index (Phi) is 3.63. The molecule has 2 rings (SSSR count). The molecule has 0 aromatic heterocycles. The molecule has 2 fully saturated rings. The lowest BCUT2D eigenvalue weighted by atomic mass is 9.90. The number of carbonyl (C=O) groups is 2. The van der Waals surface area contributed by atoms with E-state index in [1.807, 2.05) is 0 Å². The van der Waals surface area contributed by atoms with Crippen LogP contribution < -0.4 is 10.6 Å². The number of hydrogen-bond donors (Lipinski definition) is 3. The monoisotopic (exact) mass is 241 g/mol. The average Bonchev–Trinajstić information content (AvgIpc) is 2.55. The smallest absolute Gasteiger partial charge is 0.325 e. The van der Waals surface area contributed by atoms with Crippen molar-refractivity contribution in [2.24, 2.45) is 0 Å². The molecular formula is C11H19N3O3. The molecular weight excluding hydrogens is 222 g/mol. The van der Waals surface area contributed by atoms with Crippen LogP contribution in [0.4, 0.5) is 4.79 Å². The molecule has 6 heteroatoms. The molecule has 3 amide bonds. The lowest BCUT2D eigenvalue weighted by molar-refractivity contribution is -0.131. The first-order chi connectivity index (χ1) is 8.19. The van der Waals surface area contributed by atoms with E-state index in [1.165, 1.54) is 4.90 Å². The molecule has 0 radical (unpaired) electrons. The van der Waals surface area contributed by atoms with Gasteiger partial charge in [0.05, 0.1) is 0 Å². The molecule has 2 heterocycles. The molecule has 6 nitrogen and oxygen atoms in total. The van der Waals surface area contributed by atoms with Crippen molar-refractivity contribution in [1.82, 2.24) is 15.5 Å². The molecule has 0 aromatic carbocycles. The first-order valence-corrected chi connectivity index (χ1v) is 6.15. The number of aliphatic hydroxyl groups excluding tert-OH is 1. The summed E-state index contributed by atoms with van der Waals surface area (Å²) in [4.78, 5) is 25.3. The predicted molar refractivity (Wildman–Crippen MR) is 61.4 cm³/mol. The zero-order valence-electron chi connectivity index (χ0n) is 9.87. The quantitative estimate of drug-likeness (QED) is 0.455. The number of nitrogens with one attached hydrogen (secondary N) is 2. The molecule has 2 aliphatic heterocycles. The van der Waals surface area contributed by atoms with E-state index in [4.69, 9.17) is 5.11 Å². The molecule has 0 aromatic rings. The minimum absolute atomic E-state index is 0.0936. The van der Waals surface area contributed by atoms with Gasteiger partial charge in [-0.1, -0.05) is 0 Å². The number of rotatable bonds is 4.